The van der Waals surface area contributed by atoms with Gasteiger partial charge < -0.3 is 4.74 Å². The van der Waals surface area contributed by atoms with Crippen molar-refractivity contribution in [1.82, 2.24) is 0 Å². The van der Waals surface area contributed by atoms with Crippen molar-refractivity contribution in [2.45, 2.75) is 30.8 Å². The average molecular weight is 246 g/mol. The number of methoxy groups -OCH3 is 1. The fraction of sp³-hybridized carbons (Fsp3) is 1.00. The van der Waals surface area contributed by atoms with E-state index >= 15 is 0 Å². The summed E-state index contributed by atoms with van der Waals surface area (Å²) in [6.45, 7) is 0. The quantitative estimate of drug-likeness (QED) is 0.692. The van der Waals surface area contributed by atoms with Crippen LogP contribution in [0, 0.1) is 0 Å². The molecule has 0 aliphatic carbocycles. The van der Waals surface area contributed by atoms with Gasteiger partial charge in [-0.1, -0.05) is 0 Å². The van der Waals surface area contributed by atoms with Crippen molar-refractivity contribution in [1.29, 1.82) is 0 Å². The van der Waals surface area contributed by atoms with Crippen LogP contribution in [0.4, 0.5) is 35.1 Å². The Kier molecular flexibility index (Phi) is 3.94. The number of hydrogen-bond acceptors (Lipinski definition) is 1. The Morgan fingerprint density at radius 2 is 1.40 bits per heavy atom. The molecule has 0 aromatic heterocycles. The zero-order valence-corrected chi connectivity index (χ0v) is 7.22. The second-order valence-corrected chi connectivity index (χ2v) is 2.63. The lowest BCUT2D eigenvalue weighted by molar-refractivity contribution is -0.358. The van der Waals surface area contributed by atoms with E-state index < -0.39 is 30.8 Å². The minimum atomic E-state index is -5.53. The maximum atomic E-state index is 12.4. The molecule has 0 fully saturated rings. The van der Waals surface area contributed by atoms with Gasteiger partial charge in [-0.25, -0.2) is 4.39 Å². The molecule has 1 nitrogen and oxygen atoms in total. The van der Waals surface area contributed by atoms with E-state index in [2.05, 4.69) is 4.74 Å². The third kappa shape index (κ3) is 3.47. The fourth-order valence-corrected chi connectivity index (χ4v) is 0.650. The summed E-state index contributed by atoms with van der Waals surface area (Å²) in [5, 5.41) is 0. The van der Waals surface area contributed by atoms with Crippen LogP contribution in [0.2, 0.25) is 0 Å². The highest BCUT2D eigenvalue weighted by Gasteiger charge is 2.64. The van der Waals surface area contributed by atoms with Crippen molar-refractivity contribution >= 4 is 0 Å². The van der Waals surface area contributed by atoms with Crippen molar-refractivity contribution in [3.8, 4) is 0 Å². The first-order chi connectivity index (χ1) is 6.44. The van der Waals surface area contributed by atoms with Gasteiger partial charge in [-0.3, -0.25) is 0 Å². The summed E-state index contributed by atoms with van der Waals surface area (Å²) < 4.78 is 98.8. The molecule has 0 radical (unpaired) electrons. The SMILES string of the molecule is COC(F)(F)C(F)(F)C(F)CC(F)(F)F. The van der Waals surface area contributed by atoms with Crippen LogP contribution < -0.4 is 0 Å². The van der Waals surface area contributed by atoms with Gasteiger partial charge in [0.25, 0.3) is 0 Å². The zero-order chi connectivity index (χ0) is 12.5. The number of halogens is 8. The van der Waals surface area contributed by atoms with Gasteiger partial charge in [-0.2, -0.15) is 30.7 Å². The van der Waals surface area contributed by atoms with Crippen LogP contribution >= 0.6 is 0 Å². The first-order valence-corrected chi connectivity index (χ1v) is 3.45. The molecule has 0 saturated carbocycles. The largest absolute Gasteiger partial charge is 0.422 e. The molecule has 0 aromatic carbocycles. The van der Waals surface area contributed by atoms with E-state index in [0.29, 0.717) is 0 Å². The molecule has 0 saturated heterocycles. The number of rotatable bonds is 4. The van der Waals surface area contributed by atoms with Gasteiger partial charge >= 0.3 is 18.2 Å². The molecule has 9 heteroatoms. The van der Waals surface area contributed by atoms with E-state index in [9.17, 15) is 35.1 Å². The van der Waals surface area contributed by atoms with E-state index in [1.807, 2.05) is 0 Å². The van der Waals surface area contributed by atoms with E-state index in [-0.39, 0.29) is 7.11 Å². The fourth-order valence-electron chi connectivity index (χ4n) is 0.650. The van der Waals surface area contributed by atoms with Gasteiger partial charge in [-0.15, -0.1) is 0 Å². The summed E-state index contributed by atoms with van der Waals surface area (Å²) in [5.74, 6) is -5.53. The Morgan fingerprint density at radius 1 is 1.00 bits per heavy atom. The Balaban J connectivity index is 4.73. The molecular formula is C6H6F8O. The van der Waals surface area contributed by atoms with Crippen LogP contribution in [0.25, 0.3) is 0 Å². The molecule has 0 heterocycles. The van der Waals surface area contributed by atoms with E-state index in [1.54, 1.807) is 0 Å². The smallest absolute Gasteiger partial charge is 0.319 e. The topological polar surface area (TPSA) is 9.23 Å². The molecule has 0 amide bonds. The second-order valence-electron chi connectivity index (χ2n) is 2.63. The van der Waals surface area contributed by atoms with Gasteiger partial charge in [0, 0.05) is 7.11 Å². The van der Waals surface area contributed by atoms with Crippen LogP contribution in [0.3, 0.4) is 0 Å². The van der Waals surface area contributed by atoms with Crippen LogP contribution in [0.5, 0.6) is 0 Å². The molecule has 0 aromatic rings. The highest BCUT2D eigenvalue weighted by atomic mass is 19.4. The lowest BCUT2D eigenvalue weighted by Gasteiger charge is -2.27. The van der Waals surface area contributed by atoms with Gasteiger partial charge in [0.15, 0.2) is 6.17 Å². The van der Waals surface area contributed by atoms with Crippen molar-refractivity contribution in [2.24, 2.45) is 0 Å². The number of hydrogen-bond donors (Lipinski definition) is 0. The zero-order valence-electron chi connectivity index (χ0n) is 7.22. The second kappa shape index (κ2) is 4.11. The first kappa shape index (κ1) is 14.4. The van der Waals surface area contributed by atoms with Gasteiger partial charge in [0.1, 0.15) is 0 Å². The molecule has 0 bridgehead atoms. The summed E-state index contributed by atoms with van der Waals surface area (Å²) in [6, 6.07) is 0. The lowest BCUT2D eigenvalue weighted by atomic mass is 10.1. The molecule has 1 unspecified atom stereocenters. The van der Waals surface area contributed by atoms with Crippen LogP contribution in [0.1, 0.15) is 6.42 Å². The average Bonchev–Trinajstić information content (AvgIpc) is 2.00. The first-order valence-electron chi connectivity index (χ1n) is 3.45. The number of alkyl halides is 8. The Labute approximate surface area is 79.0 Å². The van der Waals surface area contributed by atoms with Gasteiger partial charge in [0.05, 0.1) is 6.42 Å². The Hall–Kier alpha value is -0.600. The minimum absolute atomic E-state index is 0.133. The summed E-state index contributed by atoms with van der Waals surface area (Å²) >= 11 is 0. The molecule has 0 spiro atoms. The molecule has 0 N–H and O–H groups in total. The summed E-state index contributed by atoms with van der Waals surface area (Å²) in [4.78, 5) is 0. The highest BCUT2D eigenvalue weighted by molar-refractivity contribution is 4.86. The molecule has 15 heavy (non-hydrogen) atoms. The minimum Gasteiger partial charge on any atom is -0.319 e. The predicted octanol–water partition coefficient (Wildman–Crippen LogP) is 3.15. The molecule has 0 aliphatic rings. The van der Waals surface area contributed by atoms with Gasteiger partial charge in [0.2, 0.25) is 0 Å². The predicted molar refractivity (Wildman–Crippen MR) is 32.5 cm³/mol. The van der Waals surface area contributed by atoms with Crippen molar-refractivity contribution in [2.75, 3.05) is 7.11 Å². The highest BCUT2D eigenvalue weighted by Crippen LogP contribution is 2.42. The van der Waals surface area contributed by atoms with Crippen LogP contribution in [-0.2, 0) is 4.74 Å². The normalized spacial score (nSPS) is 16.6. The summed E-state index contributed by atoms with van der Waals surface area (Å²) in [5.41, 5.74) is 0. The monoisotopic (exact) mass is 246 g/mol. The summed E-state index contributed by atoms with van der Waals surface area (Å²) in [7, 11) is 0.133. The standard InChI is InChI=1S/C6H6F8O/c1-15-6(13,14)5(11,12)3(7)2-4(8,9)10/h3H,2H2,1H3. The van der Waals surface area contributed by atoms with Crippen molar-refractivity contribution in [3.05, 3.63) is 0 Å². The Morgan fingerprint density at radius 3 is 1.67 bits per heavy atom. The van der Waals surface area contributed by atoms with Crippen molar-refractivity contribution < 1.29 is 39.9 Å². The molecular weight excluding hydrogens is 240 g/mol. The van der Waals surface area contributed by atoms with E-state index in [0.717, 1.165) is 0 Å². The van der Waals surface area contributed by atoms with Crippen molar-refractivity contribution in [3.63, 3.8) is 0 Å². The Bertz CT molecular complexity index is 210. The molecule has 0 rings (SSSR count). The molecule has 0 aliphatic heterocycles. The lowest BCUT2D eigenvalue weighted by Crippen LogP contribution is -2.50. The number of ether oxygens (including phenoxy) is 1. The molecule has 1 atom stereocenters. The third-order valence-corrected chi connectivity index (χ3v) is 1.45. The van der Waals surface area contributed by atoms with E-state index in [4.69, 9.17) is 0 Å². The third-order valence-electron chi connectivity index (χ3n) is 1.45. The van der Waals surface area contributed by atoms with E-state index in [1.165, 1.54) is 0 Å². The van der Waals surface area contributed by atoms with Crippen LogP contribution in [-0.4, -0.2) is 31.5 Å². The van der Waals surface area contributed by atoms with Crippen LogP contribution in [0.15, 0.2) is 0 Å². The molecule has 92 valence electrons. The van der Waals surface area contributed by atoms with Gasteiger partial charge in [-0.05, 0) is 0 Å². The summed E-state index contributed by atoms with van der Waals surface area (Å²) in [6.07, 6.45) is -17.3. The maximum Gasteiger partial charge on any atom is 0.422 e. The maximum absolute atomic E-state index is 12.4.